The van der Waals surface area contributed by atoms with Crippen LogP contribution in [0.1, 0.15) is 51.1 Å². The smallest absolute Gasteiger partial charge is 0.330 e. The Labute approximate surface area is 198 Å². The average molecular weight is 472 g/mol. The normalized spacial score (nSPS) is 17.6. The number of fused-ring (bicyclic) bond motifs is 1. The van der Waals surface area contributed by atoms with Gasteiger partial charge in [-0.1, -0.05) is 19.4 Å². The predicted octanol–water partition coefficient (Wildman–Crippen LogP) is 1.88. The molecule has 2 aliphatic heterocycles. The van der Waals surface area contributed by atoms with Crippen LogP contribution < -0.4 is 31.4 Å². The third-order valence-corrected chi connectivity index (χ3v) is 6.49. The van der Waals surface area contributed by atoms with Crippen LogP contribution in [0.3, 0.4) is 0 Å². The van der Waals surface area contributed by atoms with Gasteiger partial charge in [0.15, 0.2) is 17.2 Å². The number of aromatic nitrogens is 2. The van der Waals surface area contributed by atoms with Crippen LogP contribution >= 0.6 is 0 Å². The Morgan fingerprint density at radius 1 is 1.21 bits per heavy atom. The largest absolute Gasteiger partial charge is 0.486 e. The Morgan fingerprint density at radius 3 is 2.71 bits per heavy atom. The van der Waals surface area contributed by atoms with Gasteiger partial charge in [-0.15, -0.1) is 0 Å². The number of rotatable bonds is 8. The quantitative estimate of drug-likeness (QED) is 0.603. The van der Waals surface area contributed by atoms with E-state index in [1.165, 1.54) is 9.47 Å². The number of nitrogens with zero attached hydrogens (tertiary/aromatic N) is 3. The van der Waals surface area contributed by atoms with Crippen LogP contribution in [0.2, 0.25) is 0 Å². The highest BCUT2D eigenvalue weighted by Crippen LogP contribution is 2.38. The summed E-state index contributed by atoms with van der Waals surface area (Å²) in [4.78, 5) is 44.2. The maximum absolute atomic E-state index is 13.4. The second kappa shape index (κ2) is 10.3. The van der Waals surface area contributed by atoms with E-state index in [4.69, 9.17) is 15.2 Å². The fraction of sp³-hybridized carbons (Fsp3) is 0.542. The minimum Gasteiger partial charge on any atom is -0.486 e. The van der Waals surface area contributed by atoms with Crippen molar-refractivity contribution in [2.45, 2.75) is 52.1 Å². The molecule has 0 radical (unpaired) electrons. The minimum atomic E-state index is -0.643. The topological polar surface area (TPSA) is 123 Å². The predicted molar refractivity (Wildman–Crippen MR) is 130 cm³/mol. The van der Waals surface area contributed by atoms with E-state index in [9.17, 15) is 14.4 Å². The van der Waals surface area contributed by atoms with Gasteiger partial charge in [-0.05, 0) is 50.4 Å². The maximum atomic E-state index is 13.4. The Kier molecular flexibility index (Phi) is 7.26. The highest BCUT2D eigenvalue weighted by molar-refractivity contribution is 5.96. The highest BCUT2D eigenvalue weighted by Gasteiger charge is 2.31. The number of amides is 1. The van der Waals surface area contributed by atoms with Crippen molar-refractivity contribution in [3.05, 3.63) is 44.6 Å². The lowest BCUT2D eigenvalue weighted by Crippen LogP contribution is -2.45. The molecule has 2 aromatic rings. The molecule has 1 aromatic heterocycles. The number of likely N-dealkylation sites (N-methyl/N-ethyl adjacent to an activating group) is 1. The van der Waals surface area contributed by atoms with Gasteiger partial charge >= 0.3 is 5.69 Å². The van der Waals surface area contributed by atoms with E-state index >= 15 is 0 Å². The van der Waals surface area contributed by atoms with Gasteiger partial charge in [0.1, 0.15) is 19.0 Å². The van der Waals surface area contributed by atoms with Crippen LogP contribution in [-0.2, 0) is 11.3 Å². The number of likely N-dealkylation sites (tertiary alicyclic amines) is 1. The Hall–Kier alpha value is -3.27. The zero-order valence-corrected chi connectivity index (χ0v) is 19.8. The van der Waals surface area contributed by atoms with E-state index in [-0.39, 0.29) is 36.5 Å². The second-order valence-corrected chi connectivity index (χ2v) is 8.67. The number of ether oxygens (including phenoxy) is 2. The molecule has 1 unspecified atom stereocenters. The SMILES string of the molecule is CCCCn1c(N)c(N(CC)C(=O)CN2CCCC2c2ccc3c(c2)OCCO3)c(=O)[nH]c1=O. The molecule has 4 rings (SSSR count). The van der Waals surface area contributed by atoms with Gasteiger partial charge in [0.2, 0.25) is 5.91 Å². The monoisotopic (exact) mass is 471 g/mol. The van der Waals surface area contributed by atoms with Crippen molar-refractivity contribution in [1.29, 1.82) is 0 Å². The first-order valence-corrected chi connectivity index (χ1v) is 12.0. The zero-order chi connectivity index (χ0) is 24.2. The van der Waals surface area contributed by atoms with Crippen LogP contribution in [0.15, 0.2) is 27.8 Å². The van der Waals surface area contributed by atoms with E-state index < -0.39 is 11.2 Å². The highest BCUT2D eigenvalue weighted by atomic mass is 16.6. The van der Waals surface area contributed by atoms with Crippen molar-refractivity contribution < 1.29 is 14.3 Å². The van der Waals surface area contributed by atoms with E-state index in [0.29, 0.717) is 19.8 Å². The van der Waals surface area contributed by atoms with E-state index in [0.717, 1.165) is 49.3 Å². The number of nitrogens with two attached hydrogens (primary N) is 1. The lowest BCUT2D eigenvalue weighted by atomic mass is 10.0. The van der Waals surface area contributed by atoms with Crippen LogP contribution in [0, 0.1) is 0 Å². The van der Waals surface area contributed by atoms with Gasteiger partial charge in [-0.3, -0.25) is 24.0 Å². The molecule has 1 saturated heterocycles. The van der Waals surface area contributed by atoms with Crippen LogP contribution in [0.25, 0.3) is 0 Å². The second-order valence-electron chi connectivity index (χ2n) is 8.67. The van der Waals surface area contributed by atoms with Crippen molar-refractivity contribution in [3.8, 4) is 11.5 Å². The van der Waals surface area contributed by atoms with Crippen molar-refractivity contribution in [1.82, 2.24) is 14.5 Å². The summed E-state index contributed by atoms with van der Waals surface area (Å²) in [6.45, 7) is 6.41. The molecule has 0 bridgehead atoms. The minimum absolute atomic E-state index is 0.0298. The van der Waals surface area contributed by atoms with E-state index in [1.807, 2.05) is 25.1 Å². The molecular formula is C24H33N5O5. The van der Waals surface area contributed by atoms with E-state index in [1.54, 1.807) is 6.92 Å². The molecule has 184 valence electrons. The number of benzene rings is 1. The fourth-order valence-electron chi connectivity index (χ4n) is 4.75. The molecule has 3 N–H and O–H groups in total. The molecule has 10 heteroatoms. The van der Waals surface area contributed by atoms with Crippen LogP contribution in [0.5, 0.6) is 11.5 Å². The van der Waals surface area contributed by atoms with Gasteiger partial charge in [-0.25, -0.2) is 4.79 Å². The maximum Gasteiger partial charge on any atom is 0.330 e. The number of hydrogen-bond acceptors (Lipinski definition) is 7. The van der Waals surface area contributed by atoms with Gasteiger partial charge in [-0.2, -0.15) is 0 Å². The first-order valence-electron chi connectivity index (χ1n) is 12.0. The van der Waals surface area contributed by atoms with E-state index in [2.05, 4.69) is 9.88 Å². The van der Waals surface area contributed by atoms with Crippen molar-refractivity contribution in [2.75, 3.05) is 43.5 Å². The van der Waals surface area contributed by atoms with Gasteiger partial charge in [0, 0.05) is 19.1 Å². The average Bonchev–Trinajstić information content (AvgIpc) is 3.29. The number of H-pyrrole nitrogens is 1. The van der Waals surface area contributed by atoms with Crippen LogP contribution in [-0.4, -0.2) is 53.2 Å². The van der Waals surface area contributed by atoms with Gasteiger partial charge < -0.3 is 20.1 Å². The van der Waals surface area contributed by atoms with Gasteiger partial charge in [0.05, 0.1) is 6.54 Å². The number of unbranched alkanes of at least 4 members (excludes halogenated alkanes) is 1. The Morgan fingerprint density at radius 2 is 1.97 bits per heavy atom. The number of nitrogen functional groups attached to an aromatic ring is 1. The molecule has 0 aliphatic carbocycles. The summed E-state index contributed by atoms with van der Waals surface area (Å²) in [6, 6.07) is 5.99. The van der Waals surface area contributed by atoms with Gasteiger partial charge in [0.25, 0.3) is 5.56 Å². The lowest BCUT2D eigenvalue weighted by molar-refractivity contribution is -0.120. The number of carbonyl (C=O) groups is 1. The molecule has 34 heavy (non-hydrogen) atoms. The Balaban J connectivity index is 1.56. The summed E-state index contributed by atoms with van der Waals surface area (Å²) in [7, 11) is 0. The number of carbonyl (C=O) groups excluding carboxylic acids is 1. The molecule has 3 heterocycles. The zero-order valence-electron chi connectivity index (χ0n) is 19.8. The molecule has 1 atom stereocenters. The lowest BCUT2D eigenvalue weighted by Gasteiger charge is -2.29. The first kappa shape index (κ1) is 23.9. The third kappa shape index (κ3) is 4.68. The summed E-state index contributed by atoms with van der Waals surface area (Å²) >= 11 is 0. The molecule has 10 nitrogen and oxygen atoms in total. The van der Waals surface area contributed by atoms with Crippen molar-refractivity contribution >= 4 is 17.4 Å². The van der Waals surface area contributed by atoms with Crippen molar-refractivity contribution in [2.24, 2.45) is 0 Å². The molecular weight excluding hydrogens is 438 g/mol. The third-order valence-electron chi connectivity index (χ3n) is 6.49. The Bertz CT molecular complexity index is 1160. The van der Waals surface area contributed by atoms with Crippen molar-refractivity contribution in [3.63, 3.8) is 0 Å². The summed E-state index contributed by atoms with van der Waals surface area (Å²) in [5.41, 5.74) is 6.16. The summed E-state index contributed by atoms with van der Waals surface area (Å²) < 4.78 is 12.7. The number of anilines is 2. The summed E-state index contributed by atoms with van der Waals surface area (Å²) in [5.74, 6) is 1.26. The standard InChI is InChI=1S/C24H33N5O5/c1-3-5-11-29-22(25)21(23(31)26-24(29)32)28(4-2)20(30)15-27-10-6-7-17(27)16-8-9-18-19(14-16)34-13-12-33-18/h8-9,14,17H,3-7,10-13,15,25H2,1-2H3,(H,26,31,32). The molecule has 1 aromatic carbocycles. The fourth-order valence-corrected chi connectivity index (χ4v) is 4.75. The molecule has 2 aliphatic rings. The number of aromatic amines is 1. The first-order chi connectivity index (χ1) is 16.4. The number of nitrogens with one attached hydrogen (secondary N) is 1. The molecule has 1 fully saturated rings. The molecule has 1 amide bonds. The number of hydrogen-bond donors (Lipinski definition) is 2. The molecule has 0 saturated carbocycles. The molecule has 0 spiro atoms. The summed E-state index contributed by atoms with van der Waals surface area (Å²) in [5, 5.41) is 0. The summed E-state index contributed by atoms with van der Waals surface area (Å²) in [6.07, 6.45) is 3.49. The van der Waals surface area contributed by atoms with Crippen LogP contribution in [0.4, 0.5) is 11.5 Å².